The predicted octanol–water partition coefficient (Wildman–Crippen LogP) is 4.28. The molecule has 2 aromatic carbocycles. The Morgan fingerprint density at radius 1 is 0.900 bits per heavy atom. The van der Waals surface area contributed by atoms with Gasteiger partial charge in [-0.05, 0) is 50.2 Å². The molecule has 2 rings (SSSR count). The maximum Gasteiger partial charge on any atom is 0.306 e. The maximum atomic E-state index is 12.0. The van der Waals surface area contributed by atoms with Gasteiger partial charge in [-0.2, -0.15) is 0 Å². The number of carbonyl (C=O) groups is 3. The van der Waals surface area contributed by atoms with Crippen molar-refractivity contribution >= 4 is 34.9 Å². The molecule has 0 saturated heterocycles. The highest BCUT2D eigenvalue weighted by Crippen LogP contribution is 2.30. The lowest BCUT2D eigenvalue weighted by atomic mass is 10.1. The molecule has 30 heavy (non-hydrogen) atoms. The first-order valence-electron chi connectivity index (χ1n) is 9.56. The van der Waals surface area contributed by atoms with Gasteiger partial charge < -0.3 is 19.5 Å². The molecule has 0 spiro atoms. The van der Waals surface area contributed by atoms with Gasteiger partial charge in [-0.1, -0.05) is 11.6 Å². The highest BCUT2D eigenvalue weighted by atomic mass is 35.5. The quantitative estimate of drug-likeness (QED) is 0.420. The van der Waals surface area contributed by atoms with Crippen molar-refractivity contribution in [2.45, 2.75) is 26.7 Å². The van der Waals surface area contributed by atoms with Gasteiger partial charge in [0, 0.05) is 28.8 Å². The zero-order valence-corrected chi connectivity index (χ0v) is 17.7. The Labute approximate surface area is 180 Å². The molecule has 0 radical (unpaired) electrons. The Kier molecular flexibility index (Phi) is 9.15. The normalized spacial score (nSPS) is 10.2. The number of halogens is 1. The van der Waals surface area contributed by atoms with Crippen LogP contribution < -0.4 is 14.8 Å². The van der Waals surface area contributed by atoms with E-state index in [2.05, 4.69) is 5.32 Å². The monoisotopic (exact) mass is 433 g/mol. The number of rotatable bonds is 11. The highest BCUT2D eigenvalue weighted by molar-refractivity contribution is 6.30. The summed E-state index contributed by atoms with van der Waals surface area (Å²) in [5.41, 5.74) is 0.950. The summed E-state index contributed by atoms with van der Waals surface area (Å²) < 4.78 is 15.9. The first-order valence-corrected chi connectivity index (χ1v) is 9.94. The maximum absolute atomic E-state index is 12.0. The topological polar surface area (TPSA) is 90.9 Å². The van der Waals surface area contributed by atoms with Gasteiger partial charge in [-0.15, -0.1) is 0 Å². The van der Waals surface area contributed by atoms with Crippen LogP contribution in [-0.4, -0.2) is 37.5 Å². The minimum absolute atomic E-state index is 0.0152. The molecule has 7 nitrogen and oxygen atoms in total. The average molecular weight is 434 g/mol. The predicted molar refractivity (Wildman–Crippen MR) is 113 cm³/mol. The van der Waals surface area contributed by atoms with Gasteiger partial charge in [0.2, 0.25) is 0 Å². The fraction of sp³-hybridized carbons (Fsp3) is 0.318. The number of hydrogen-bond acceptors (Lipinski definition) is 6. The van der Waals surface area contributed by atoms with Crippen molar-refractivity contribution in [2.24, 2.45) is 0 Å². The first-order chi connectivity index (χ1) is 14.4. The van der Waals surface area contributed by atoms with Crippen LogP contribution in [0.3, 0.4) is 0 Å². The molecule has 0 aromatic heterocycles. The number of amides is 1. The van der Waals surface area contributed by atoms with Crippen molar-refractivity contribution in [2.75, 3.05) is 25.1 Å². The van der Waals surface area contributed by atoms with Crippen molar-refractivity contribution < 1.29 is 28.6 Å². The van der Waals surface area contributed by atoms with Crippen LogP contribution in [0.25, 0.3) is 0 Å². The van der Waals surface area contributed by atoms with Crippen molar-refractivity contribution in [3.63, 3.8) is 0 Å². The van der Waals surface area contributed by atoms with Crippen LogP contribution in [0.5, 0.6) is 11.5 Å². The fourth-order valence-corrected chi connectivity index (χ4v) is 2.67. The lowest BCUT2D eigenvalue weighted by Gasteiger charge is -2.13. The number of benzene rings is 2. The van der Waals surface area contributed by atoms with E-state index in [-0.39, 0.29) is 18.6 Å². The molecule has 0 bridgehead atoms. The van der Waals surface area contributed by atoms with E-state index >= 15 is 0 Å². The molecular formula is C22H24ClNO6. The Morgan fingerprint density at radius 3 is 2.23 bits per heavy atom. The smallest absolute Gasteiger partial charge is 0.306 e. The molecule has 0 fully saturated rings. The van der Waals surface area contributed by atoms with Crippen molar-refractivity contribution in [1.29, 1.82) is 0 Å². The molecule has 8 heteroatoms. The third-order valence-corrected chi connectivity index (χ3v) is 4.17. The van der Waals surface area contributed by atoms with Crippen molar-refractivity contribution in [1.82, 2.24) is 0 Å². The minimum Gasteiger partial charge on any atom is -0.490 e. The number of ether oxygens (including phenoxy) is 3. The van der Waals surface area contributed by atoms with E-state index < -0.39 is 18.5 Å². The average Bonchev–Trinajstić information content (AvgIpc) is 2.73. The molecule has 160 valence electrons. The van der Waals surface area contributed by atoms with Gasteiger partial charge in [-0.25, -0.2) is 0 Å². The van der Waals surface area contributed by atoms with Crippen LogP contribution >= 0.6 is 11.6 Å². The van der Waals surface area contributed by atoms with Gasteiger partial charge >= 0.3 is 5.97 Å². The number of esters is 1. The lowest BCUT2D eigenvalue weighted by Crippen LogP contribution is -2.21. The SMILES string of the molecule is CCOc1ccc(NC(=O)COC(=O)CCC(=O)c2ccc(Cl)cc2)cc1OCC. The number of anilines is 1. The van der Waals surface area contributed by atoms with Gasteiger partial charge in [0.05, 0.1) is 19.6 Å². The van der Waals surface area contributed by atoms with Crippen LogP contribution in [-0.2, 0) is 14.3 Å². The van der Waals surface area contributed by atoms with Gasteiger partial charge in [-0.3, -0.25) is 14.4 Å². The van der Waals surface area contributed by atoms with Gasteiger partial charge in [0.25, 0.3) is 5.91 Å². The molecular weight excluding hydrogens is 410 g/mol. The minimum atomic E-state index is -0.630. The Balaban J connectivity index is 1.79. The van der Waals surface area contributed by atoms with E-state index in [0.29, 0.717) is 41.0 Å². The summed E-state index contributed by atoms with van der Waals surface area (Å²) in [6, 6.07) is 11.4. The summed E-state index contributed by atoms with van der Waals surface area (Å²) >= 11 is 5.78. The summed E-state index contributed by atoms with van der Waals surface area (Å²) in [7, 11) is 0. The van der Waals surface area contributed by atoms with Crippen molar-refractivity contribution in [3.8, 4) is 11.5 Å². The van der Waals surface area contributed by atoms with E-state index in [9.17, 15) is 14.4 Å². The Morgan fingerprint density at radius 2 is 1.57 bits per heavy atom. The third-order valence-electron chi connectivity index (χ3n) is 3.91. The van der Waals surface area contributed by atoms with E-state index in [1.165, 1.54) is 0 Å². The van der Waals surface area contributed by atoms with Crippen LogP contribution in [0, 0.1) is 0 Å². The number of ketones is 1. The molecule has 0 aliphatic rings. The molecule has 0 unspecified atom stereocenters. The first kappa shape index (κ1) is 23.2. The van der Waals surface area contributed by atoms with Crippen LogP contribution in [0.4, 0.5) is 5.69 Å². The zero-order chi connectivity index (χ0) is 21.9. The second-order valence-electron chi connectivity index (χ2n) is 6.17. The molecule has 1 amide bonds. The van der Waals surface area contributed by atoms with Gasteiger partial charge in [0.15, 0.2) is 23.9 Å². The summed E-state index contributed by atoms with van der Waals surface area (Å²) in [5.74, 6) is -0.247. The van der Waals surface area contributed by atoms with Crippen LogP contribution in [0.2, 0.25) is 5.02 Å². The standard InChI is InChI=1S/C22H24ClNO6/c1-3-28-19-11-9-17(13-20(19)29-4-2)24-21(26)14-30-22(27)12-10-18(25)15-5-7-16(23)8-6-15/h5-9,11,13H,3-4,10,12,14H2,1-2H3,(H,24,26). The molecule has 0 heterocycles. The van der Waals surface area contributed by atoms with Crippen LogP contribution in [0.1, 0.15) is 37.0 Å². The second kappa shape index (κ2) is 11.8. The molecule has 1 N–H and O–H groups in total. The molecule has 2 aromatic rings. The van der Waals surface area contributed by atoms with E-state index in [4.69, 9.17) is 25.8 Å². The summed E-state index contributed by atoms with van der Waals surface area (Å²) in [5, 5.41) is 3.16. The van der Waals surface area contributed by atoms with E-state index in [1.54, 1.807) is 42.5 Å². The molecule has 0 atom stereocenters. The van der Waals surface area contributed by atoms with Crippen LogP contribution in [0.15, 0.2) is 42.5 Å². The lowest BCUT2D eigenvalue weighted by molar-refractivity contribution is -0.147. The highest BCUT2D eigenvalue weighted by Gasteiger charge is 2.13. The number of carbonyl (C=O) groups excluding carboxylic acids is 3. The van der Waals surface area contributed by atoms with Crippen molar-refractivity contribution in [3.05, 3.63) is 53.1 Å². The fourth-order valence-electron chi connectivity index (χ4n) is 2.54. The number of hydrogen-bond donors (Lipinski definition) is 1. The van der Waals surface area contributed by atoms with E-state index in [1.807, 2.05) is 13.8 Å². The summed E-state index contributed by atoms with van der Waals surface area (Å²) in [6.07, 6.45) is -0.134. The molecule has 0 saturated carbocycles. The Hall–Kier alpha value is -3.06. The summed E-state index contributed by atoms with van der Waals surface area (Å²) in [4.78, 5) is 35.9. The summed E-state index contributed by atoms with van der Waals surface area (Å²) in [6.45, 7) is 4.19. The zero-order valence-electron chi connectivity index (χ0n) is 16.9. The van der Waals surface area contributed by atoms with E-state index in [0.717, 1.165) is 0 Å². The third kappa shape index (κ3) is 7.40. The number of Topliss-reactive ketones (excluding diaryl/α,β-unsaturated/α-hetero) is 1. The Bertz CT molecular complexity index is 882. The van der Waals surface area contributed by atoms with Gasteiger partial charge in [0.1, 0.15) is 0 Å². The second-order valence-corrected chi connectivity index (χ2v) is 6.60. The molecule has 0 aliphatic heterocycles. The largest absolute Gasteiger partial charge is 0.490 e. The molecule has 0 aliphatic carbocycles. The number of nitrogens with one attached hydrogen (secondary N) is 1.